The normalized spacial score (nSPS) is 11.6. The lowest BCUT2D eigenvalue weighted by atomic mass is 10.1. The van der Waals surface area contributed by atoms with Crippen molar-refractivity contribution in [2.75, 3.05) is 27.2 Å². The van der Waals surface area contributed by atoms with Crippen molar-refractivity contribution in [1.82, 2.24) is 14.9 Å². The number of aryl methyl sites for hydroxylation is 1. The van der Waals surface area contributed by atoms with Gasteiger partial charge in [0.15, 0.2) is 5.96 Å². The second kappa shape index (κ2) is 12.0. The molecule has 0 heterocycles. The lowest BCUT2D eigenvalue weighted by Crippen LogP contribution is -2.42. The first-order valence-corrected chi connectivity index (χ1v) is 10.5. The molecule has 0 saturated heterocycles. The zero-order valence-corrected chi connectivity index (χ0v) is 19.7. The molecule has 154 valence electrons. The van der Waals surface area contributed by atoms with Crippen LogP contribution in [0.15, 0.2) is 64.5 Å². The molecule has 0 fully saturated rings. The molecule has 0 spiro atoms. The molecule has 0 aliphatic rings. The van der Waals surface area contributed by atoms with E-state index in [0.717, 1.165) is 13.0 Å². The van der Waals surface area contributed by atoms with Gasteiger partial charge in [-0.05, 0) is 29.7 Å². The standard InChI is InChI=1S/C20H28N4O2S.HI/c1-4-17-10-12-18(13-11-17)16-24(3)20(21-2)22-14-15-23-27(25,26)19-8-6-5-7-9-19;/h5-13,23H,4,14-16H2,1-3H3,(H,21,22);1H. The molecule has 0 radical (unpaired) electrons. The number of nitrogens with one attached hydrogen (secondary N) is 2. The second-order valence-electron chi connectivity index (χ2n) is 6.21. The van der Waals surface area contributed by atoms with Gasteiger partial charge in [0.05, 0.1) is 4.90 Å². The molecule has 0 unspecified atom stereocenters. The van der Waals surface area contributed by atoms with Crippen LogP contribution in [0, 0.1) is 0 Å². The lowest BCUT2D eigenvalue weighted by molar-refractivity contribution is 0.477. The van der Waals surface area contributed by atoms with Gasteiger partial charge < -0.3 is 10.2 Å². The molecule has 0 amide bonds. The Morgan fingerprint density at radius 1 is 1.00 bits per heavy atom. The minimum atomic E-state index is -3.48. The summed E-state index contributed by atoms with van der Waals surface area (Å²) in [5.41, 5.74) is 2.51. The summed E-state index contributed by atoms with van der Waals surface area (Å²) < 4.78 is 27.0. The molecule has 0 aromatic heterocycles. The molecule has 0 aliphatic carbocycles. The van der Waals surface area contributed by atoms with Crippen LogP contribution in [0.25, 0.3) is 0 Å². The van der Waals surface area contributed by atoms with Gasteiger partial charge in [-0.25, -0.2) is 13.1 Å². The molecule has 0 aliphatic heterocycles. The Kier molecular flexibility index (Phi) is 10.5. The van der Waals surface area contributed by atoms with Crippen LogP contribution in [-0.2, 0) is 23.0 Å². The number of guanidine groups is 1. The van der Waals surface area contributed by atoms with E-state index in [9.17, 15) is 8.42 Å². The summed E-state index contributed by atoms with van der Waals surface area (Å²) in [5.74, 6) is 0.716. The SMILES string of the molecule is CCc1ccc(CN(C)C(=NC)NCCNS(=O)(=O)c2ccccc2)cc1.I. The third-order valence-corrected chi connectivity index (χ3v) is 5.65. The Labute approximate surface area is 185 Å². The fourth-order valence-corrected chi connectivity index (χ4v) is 3.71. The molecule has 8 heteroatoms. The minimum absolute atomic E-state index is 0. The minimum Gasteiger partial charge on any atom is -0.355 e. The summed E-state index contributed by atoms with van der Waals surface area (Å²) in [7, 11) is 0.187. The Balaban J connectivity index is 0.00000392. The van der Waals surface area contributed by atoms with E-state index in [1.807, 2.05) is 11.9 Å². The van der Waals surface area contributed by atoms with Gasteiger partial charge in [0, 0.05) is 33.7 Å². The smallest absolute Gasteiger partial charge is 0.240 e. The number of halogens is 1. The number of hydrogen-bond acceptors (Lipinski definition) is 3. The molecule has 2 aromatic carbocycles. The first-order chi connectivity index (χ1) is 13.0. The zero-order valence-electron chi connectivity index (χ0n) is 16.6. The average molecular weight is 516 g/mol. The quantitative estimate of drug-likeness (QED) is 0.245. The van der Waals surface area contributed by atoms with Crippen molar-refractivity contribution < 1.29 is 8.42 Å². The highest BCUT2D eigenvalue weighted by Crippen LogP contribution is 2.08. The highest BCUT2D eigenvalue weighted by molar-refractivity contribution is 14.0. The number of hydrogen-bond donors (Lipinski definition) is 2. The number of benzene rings is 2. The van der Waals surface area contributed by atoms with Gasteiger partial charge in [0.2, 0.25) is 10.0 Å². The van der Waals surface area contributed by atoms with Gasteiger partial charge in [0.25, 0.3) is 0 Å². The van der Waals surface area contributed by atoms with Crippen LogP contribution in [-0.4, -0.2) is 46.5 Å². The van der Waals surface area contributed by atoms with E-state index in [1.54, 1.807) is 37.4 Å². The monoisotopic (exact) mass is 516 g/mol. The van der Waals surface area contributed by atoms with Crippen LogP contribution < -0.4 is 10.0 Å². The van der Waals surface area contributed by atoms with Crippen LogP contribution in [0.5, 0.6) is 0 Å². The third kappa shape index (κ3) is 7.40. The molecule has 2 rings (SSSR count). The summed E-state index contributed by atoms with van der Waals surface area (Å²) in [5, 5.41) is 3.19. The molecule has 0 atom stereocenters. The number of aliphatic imine (C=N–C) groups is 1. The molecular formula is C20H29IN4O2S. The number of sulfonamides is 1. The Morgan fingerprint density at radius 2 is 1.61 bits per heavy atom. The highest BCUT2D eigenvalue weighted by atomic mass is 127. The Morgan fingerprint density at radius 3 is 2.18 bits per heavy atom. The van der Waals surface area contributed by atoms with Crippen LogP contribution in [0.2, 0.25) is 0 Å². The fraction of sp³-hybridized carbons (Fsp3) is 0.350. The topological polar surface area (TPSA) is 73.8 Å². The molecule has 28 heavy (non-hydrogen) atoms. The van der Waals surface area contributed by atoms with Crippen molar-refractivity contribution in [2.45, 2.75) is 24.8 Å². The summed E-state index contributed by atoms with van der Waals surface area (Å²) in [4.78, 5) is 6.54. The van der Waals surface area contributed by atoms with Crippen molar-refractivity contribution in [3.63, 3.8) is 0 Å². The lowest BCUT2D eigenvalue weighted by Gasteiger charge is -2.22. The van der Waals surface area contributed by atoms with Gasteiger partial charge in [0.1, 0.15) is 0 Å². The number of nitrogens with zero attached hydrogens (tertiary/aromatic N) is 2. The summed E-state index contributed by atoms with van der Waals surface area (Å²) in [6.07, 6.45) is 1.03. The maximum atomic E-state index is 12.2. The molecule has 0 saturated carbocycles. The summed E-state index contributed by atoms with van der Waals surface area (Å²) in [6.45, 7) is 3.57. The van der Waals surface area contributed by atoms with Crippen molar-refractivity contribution >= 4 is 40.0 Å². The summed E-state index contributed by atoms with van der Waals surface area (Å²) in [6, 6.07) is 16.9. The van der Waals surface area contributed by atoms with Gasteiger partial charge in [-0.15, -0.1) is 24.0 Å². The zero-order chi connectivity index (χ0) is 19.7. The fourth-order valence-electron chi connectivity index (χ4n) is 2.66. The van der Waals surface area contributed by atoms with Crippen molar-refractivity contribution in [3.8, 4) is 0 Å². The Bertz CT molecular complexity index is 840. The Hall–Kier alpha value is -1.65. The maximum Gasteiger partial charge on any atom is 0.240 e. The van der Waals surface area contributed by atoms with Crippen LogP contribution in [0.3, 0.4) is 0 Å². The summed E-state index contributed by atoms with van der Waals surface area (Å²) >= 11 is 0. The molecular weight excluding hydrogens is 487 g/mol. The van der Waals surface area contributed by atoms with Gasteiger partial charge in [-0.2, -0.15) is 0 Å². The highest BCUT2D eigenvalue weighted by Gasteiger charge is 2.12. The maximum absolute atomic E-state index is 12.2. The van der Waals surface area contributed by atoms with E-state index in [1.165, 1.54) is 11.1 Å². The second-order valence-corrected chi connectivity index (χ2v) is 7.98. The molecule has 2 N–H and O–H groups in total. The van der Waals surface area contributed by atoms with Crippen LogP contribution in [0.1, 0.15) is 18.1 Å². The van der Waals surface area contributed by atoms with E-state index in [2.05, 4.69) is 46.2 Å². The average Bonchev–Trinajstić information content (AvgIpc) is 2.69. The number of rotatable bonds is 8. The van der Waals surface area contributed by atoms with Gasteiger partial charge in [-0.3, -0.25) is 4.99 Å². The first kappa shape index (κ1) is 24.4. The van der Waals surface area contributed by atoms with Gasteiger partial charge in [-0.1, -0.05) is 49.4 Å². The van der Waals surface area contributed by atoms with Crippen molar-refractivity contribution in [1.29, 1.82) is 0 Å². The van der Waals surface area contributed by atoms with E-state index < -0.39 is 10.0 Å². The predicted octanol–water partition coefficient (Wildman–Crippen LogP) is 2.85. The van der Waals surface area contributed by atoms with E-state index in [0.29, 0.717) is 12.5 Å². The molecule has 0 bridgehead atoms. The van der Waals surface area contributed by atoms with E-state index in [4.69, 9.17) is 0 Å². The molecule has 2 aromatic rings. The molecule has 6 nitrogen and oxygen atoms in total. The first-order valence-electron chi connectivity index (χ1n) is 9.00. The van der Waals surface area contributed by atoms with Crippen molar-refractivity contribution in [3.05, 3.63) is 65.7 Å². The van der Waals surface area contributed by atoms with E-state index >= 15 is 0 Å². The third-order valence-electron chi connectivity index (χ3n) is 4.18. The van der Waals surface area contributed by atoms with Crippen LogP contribution in [0.4, 0.5) is 0 Å². The van der Waals surface area contributed by atoms with Gasteiger partial charge >= 0.3 is 0 Å². The van der Waals surface area contributed by atoms with E-state index in [-0.39, 0.29) is 35.4 Å². The van der Waals surface area contributed by atoms with Crippen molar-refractivity contribution in [2.24, 2.45) is 4.99 Å². The predicted molar refractivity (Wildman–Crippen MR) is 126 cm³/mol. The van der Waals surface area contributed by atoms with Crippen LogP contribution >= 0.6 is 24.0 Å². The largest absolute Gasteiger partial charge is 0.355 e.